The van der Waals surface area contributed by atoms with Gasteiger partial charge in [-0.15, -0.1) is 4.91 Å². The highest BCUT2D eigenvalue weighted by molar-refractivity contribution is 5.03. The Morgan fingerprint density at radius 2 is 2.75 bits per heavy atom. The van der Waals surface area contributed by atoms with Crippen LogP contribution in [0.5, 0.6) is 5.88 Å². The van der Waals surface area contributed by atoms with Gasteiger partial charge in [-0.2, -0.15) is 5.10 Å². The van der Waals surface area contributed by atoms with Crippen molar-refractivity contribution in [2.45, 2.75) is 0 Å². The zero-order valence-corrected chi connectivity index (χ0v) is 3.87. The standard InChI is InChI=1S/C3H3N3O2/c7-6-8-3-1-2-4-5-3/h1-2H,(H,4,5). The molecule has 5 nitrogen and oxygen atoms in total. The molecule has 0 bridgehead atoms. The van der Waals surface area contributed by atoms with Gasteiger partial charge in [0, 0.05) is 6.07 Å². The van der Waals surface area contributed by atoms with Crippen LogP contribution in [0.4, 0.5) is 0 Å². The Labute approximate surface area is 44.6 Å². The summed E-state index contributed by atoms with van der Waals surface area (Å²) in [5.74, 6) is 0.250. The van der Waals surface area contributed by atoms with Crippen LogP contribution < -0.4 is 4.84 Å². The highest BCUT2D eigenvalue weighted by atomic mass is 16.7. The minimum Gasteiger partial charge on any atom is -0.304 e. The predicted octanol–water partition coefficient (Wildman–Crippen LogP) is 0.470. The van der Waals surface area contributed by atoms with Gasteiger partial charge in [-0.05, 0) is 0 Å². The maximum absolute atomic E-state index is 9.35. The van der Waals surface area contributed by atoms with Gasteiger partial charge >= 0.3 is 0 Å². The Balaban J connectivity index is 2.62. The van der Waals surface area contributed by atoms with Crippen LogP contribution in [0.3, 0.4) is 0 Å². The van der Waals surface area contributed by atoms with Crippen LogP contribution in [-0.4, -0.2) is 10.2 Å². The lowest BCUT2D eigenvalue weighted by atomic mass is 10.7. The monoisotopic (exact) mass is 113 g/mol. The maximum atomic E-state index is 9.35. The lowest BCUT2D eigenvalue weighted by Gasteiger charge is -1.81. The molecule has 0 saturated heterocycles. The number of aromatic amines is 1. The molecular formula is C3H3N3O2. The van der Waals surface area contributed by atoms with E-state index in [4.69, 9.17) is 0 Å². The average Bonchev–Trinajstić information content (AvgIpc) is 2.19. The Morgan fingerprint density at radius 1 is 1.88 bits per heavy atom. The van der Waals surface area contributed by atoms with Crippen molar-refractivity contribution in [3.63, 3.8) is 0 Å². The molecule has 1 aromatic heterocycles. The van der Waals surface area contributed by atoms with E-state index in [1.165, 1.54) is 12.3 Å². The van der Waals surface area contributed by atoms with Gasteiger partial charge in [-0.3, -0.25) is 0 Å². The summed E-state index contributed by atoms with van der Waals surface area (Å²) in [5, 5.41) is 8.02. The molecule has 0 aliphatic heterocycles. The summed E-state index contributed by atoms with van der Waals surface area (Å²) in [4.78, 5) is 13.4. The largest absolute Gasteiger partial charge is 0.304 e. The van der Waals surface area contributed by atoms with E-state index in [0.29, 0.717) is 0 Å². The van der Waals surface area contributed by atoms with Crippen LogP contribution in [0.25, 0.3) is 0 Å². The van der Waals surface area contributed by atoms with Gasteiger partial charge in [0.25, 0.3) is 0 Å². The summed E-state index contributed by atoms with van der Waals surface area (Å²) in [5.41, 5.74) is 0. The number of hydrogen-bond donors (Lipinski definition) is 1. The second-order valence-corrected chi connectivity index (χ2v) is 1.09. The van der Waals surface area contributed by atoms with Crippen molar-refractivity contribution in [1.82, 2.24) is 10.2 Å². The maximum Gasteiger partial charge on any atom is 0.248 e. The van der Waals surface area contributed by atoms with Gasteiger partial charge in [0.15, 0.2) is 5.34 Å². The zero-order chi connectivity index (χ0) is 5.82. The molecule has 0 amide bonds. The van der Waals surface area contributed by atoms with E-state index in [0.717, 1.165) is 0 Å². The van der Waals surface area contributed by atoms with E-state index in [2.05, 4.69) is 20.4 Å². The number of hydrogen-bond acceptors (Lipinski definition) is 4. The van der Waals surface area contributed by atoms with Crippen LogP contribution in [0.2, 0.25) is 0 Å². The molecule has 8 heavy (non-hydrogen) atoms. The van der Waals surface area contributed by atoms with Crippen molar-refractivity contribution in [2.24, 2.45) is 5.34 Å². The first-order valence-corrected chi connectivity index (χ1v) is 1.92. The molecule has 0 radical (unpaired) electrons. The van der Waals surface area contributed by atoms with Crippen LogP contribution in [-0.2, 0) is 0 Å². The molecule has 1 heterocycles. The summed E-state index contributed by atoms with van der Waals surface area (Å²) in [6, 6.07) is 1.49. The lowest BCUT2D eigenvalue weighted by Crippen LogP contribution is -1.78. The molecule has 0 unspecified atom stereocenters. The molecule has 0 saturated carbocycles. The molecule has 0 aromatic carbocycles. The summed E-state index contributed by atoms with van der Waals surface area (Å²) >= 11 is 0. The number of rotatable bonds is 2. The SMILES string of the molecule is O=NOc1ccn[nH]1. The molecular weight excluding hydrogens is 110 g/mol. The Morgan fingerprint density at radius 3 is 3.25 bits per heavy atom. The average molecular weight is 113 g/mol. The highest BCUT2D eigenvalue weighted by Gasteiger charge is 1.88. The first-order valence-electron chi connectivity index (χ1n) is 1.92. The van der Waals surface area contributed by atoms with Crippen molar-refractivity contribution >= 4 is 0 Å². The molecule has 1 N–H and O–H groups in total. The topological polar surface area (TPSA) is 67.3 Å². The normalized spacial score (nSPS) is 8.50. The van der Waals surface area contributed by atoms with Crippen LogP contribution >= 0.6 is 0 Å². The van der Waals surface area contributed by atoms with Crippen LogP contribution in [0.1, 0.15) is 0 Å². The third-order valence-corrected chi connectivity index (χ3v) is 0.611. The van der Waals surface area contributed by atoms with E-state index in [9.17, 15) is 4.91 Å². The minimum absolute atomic E-state index is 0.250. The molecule has 0 aliphatic carbocycles. The minimum atomic E-state index is 0.250. The molecule has 1 aromatic rings. The number of nitrogens with zero attached hydrogens (tertiary/aromatic N) is 2. The Bertz CT molecular complexity index is 159. The highest BCUT2D eigenvalue weighted by Crippen LogP contribution is 2.00. The number of nitrogens with one attached hydrogen (secondary N) is 1. The summed E-state index contributed by atoms with van der Waals surface area (Å²) in [6.45, 7) is 0. The van der Waals surface area contributed by atoms with Gasteiger partial charge in [0.05, 0.1) is 6.20 Å². The molecule has 0 fully saturated rings. The lowest BCUT2D eigenvalue weighted by molar-refractivity contribution is 0.320. The van der Waals surface area contributed by atoms with Gasteiger partial charge in [0.1, 0.15) is 0 Å². The second-order valence-electron chi connectivity index (χ2n) is 1.09. The predicted molar refractivity (Wildman–Crippen MR) is 25.0 cm³/mol. The fraction of sp³-hybridized carbons (Fsp3) is 0. The smallest absolute Gasteiger partial charge is 0.248 e. The van der Waals surface area contributed by atoms with Crippen molar-refractivity contribution in [3.8, 4) is 5.88 Å². The van der Waals surface area contributed by atoms with Crippen molar-refractivity contribution in [3.05, 3.63) is 17.2 Å². The second kappa shape index (κ2) is 2.06. The summed E-state index contributed by atoms with van der Waals surface area (Å²) in [6.07, 6.45) is 1.46. The van der Waals surface area contributed by atoms with E-state index in [-0.39, 0.29) is 5.88 Å². The number of H-pyrrole nitrogens is 1. The fourth-order valence-corrected chi connectivity index (χ4v) is 0.334. The van der Waals surface area contributed by atoms with E-state index in [1.54, 1.807) is 0 Å². The molecule has 0 spiro atoms. The van der Waals surface area contributed by atoms with Gasteiger partial charge in [-0.25, -0.2) is 5.10 Å². The van der Waals surface area contributed by atoms with Crippen LogP contribution in [0, 0.1) is 4.91 Å². The molecule has 5 heteroatoms. The Kier molecular flexibility index (Phi) is 1.23. The summed E-state index contributed by atoms with van der Waals surface area (Å²) in [7, 11) is 0. The molecule has 0 atom stereocenters. The van der Waals surface area contributed by atoms with E-state index < -0.39 is 0 Å². The van der Waals surface area contributed by atoms with Gasteiger partial charge in [-0.1, -0.05) is 0 Å². The molecule has 42 valence electrons. The first kappa shape index (κ1) is 4.76. The number of aromatic nitrogens is 2. The summed E-state index contributed by atoms with van der Waals surface area (Å²) < 4.78 is 0. The van der Waals surface area contributed by atoms with Crippen molar-refractivity contribution in [2.75, 3.05) is 0 Å². The molecule has 0 aliphatic rings. The Hall–Kier alpha value is -1.39. The van der Waals surface area contributed by atoms with Gasteiger partial charge < -0.3 is 4.84 Å². The zero-order valence-electron chi connectivity index (χ0n) is 3.87. The third-order valence-electron chi connectivity index (χ3n) is 0.611. The quantitative estimate of drug-likeness (QED) is 0.447. The van der Waals surface area contributed by atoms with Crippen LogP contribution in [0.15, 0.2) is 17.6 Å². The first-order chi connectivity index (χ1) is 3.93. The van der Waals surface area contributed by atoms with Crippen molar-refractivity contribution < 1.29 is 4.84 Å². The third kappa shape index (κ3) is 0.810. The van der Waals surface area contributed by atoms with E-state index >= 15 is 0 Å². The molecule has 1 rings (SSSR count). The fourth-order valence-electron chi connectivity index (χ4n) is 0.334. The van der Waals surface area contributed by atoms with E-state index in [1.807, 2.05) is 0 Å². The van der Waals surface area contributed by atoms with Gasteiger partial charge in [0.2, 0.25) is 5.88 Å². The van der Waals surface area contributed by atoms with Crippen molar-refractivity contribution in [1.29, 1.82) is 0 Å².